The molecule has 0 aliphatic rings. The van der Waals surface area contributed by atoms with Crippen molar-refractivity contribution in [2.75, 3.05) is 19.8 Å². The fourth-order valence-corrected chi connectivity index (χ4v) is 1.49. The third-order valence-corrected chi connectivity index (χ3v) is 2.54. The molecule has 9 nitrogen and oxygen atoms in total. The van der Waals surface area contributed by atoms with Gasteiger partial charge in [-0.2, -0.15) is 0 Å². The highest BCUT2D eigenvalue weighted by Crippen LogP contribution is 2.11. The van der Waals surface area contributed by atoms with Gasteiger partial charge in [-0.15, -0.1) is 0 Å². The van der Waals surface area contributed by atoms with Gasteiger partial charge >= 0.3 is 0 Å². The van der Waals surface area contributed by atoms with E-state index in [4.69, 9.17) is 45.0 Å². The summed E-state index contributed by atoms with van der Waals surface area (Å²) in [6.07, 6.45) is 7.59. The number of carbonyl (C=O) groups is 3. The molecular weight excluding hydrogens is 348 g/mol. The van der Waals surface area contributed by atoms with E-state index in [-0.39, 0.29) is 19.1 Å². The molecular formula is C17H36O9. The maximum Gasteiger partial charge on any atom is 0.300 e. The first-order valence-corrected chi connectivity index (χ1v) is 8.46. The van der Waals surface area contributed by atoms with Gasteiger partial charge in [0.15, 0.2) is 0 Å². The number of rotatable bonds is 10. The van der Waals surface area contributed by atoms with Gasteiger partial charge in [0.05, 0.1) is 0 Å². The maximum absolute atomic E-state index is 9.00. The molecule has 0 saturated heterocycles. The number of carboxylic acid groups (broad SMARTS) is 3. The average molecular weight is 384 g/mol. The van der Waals surface area contributed by atoms with Crippen molar-refractivity contribution in [3.8, 4) is 0 Å². The molecule has 0 aliphatic carbocycles. The van der Waals surface area contributed by atoms with Crippen molar-refractivity contribution in [3.05, 3.63) is 0 Å². The van der Waals surface area contributed by atoms with Gasteiger partial charge in [-0.1, -0.05) is 32.1 Å². The molecule has 0 heterocycles. The van der Waals surface area contributed by atoms with Crippen LogP contribution < -0.4 is 0 Å². The van der Waals surface area contributed by atoms with Crippen molar-refractivity contribution in [1.29, 1.82) is 0 Å². The summed E-state index contributed by atoms with van der Waals surface area (Å²) in [5, 5.41) is 48.4. The van der Waals surface area contributed by atoms with E-state index in [0.29, 0.717) is 6.61 Å². The number of aliphatic hydroxyl groups excluding tert-OH is 3. The van der Waals surface area contributed by atoms with E-state index >= 15 is 0 Å². The minimum atomic E-state index is -0.833. The van der Waals surface area contributed by atoms with Crippen LogP contribution in [0, 0.1) is 5.92 Å². The van der Waals surface area contributed by atoms with E-state index < -0.39 is 17.9 Å². The van der Waals surface area contributed by atoms with Crippen molar-refractivity contribution in [2.24, 2.45) is 5.92 Å². The Morgan fingerprint density at radius 2 is 0.885 bits per heavy atom. The Bertz CT molecular complexity index is 275. The second-order valence-electron chi connectivity index (χ2n) is 5.42. The van der Waals surface area contributed by atoms with Gasteiger partial charge in [0.2, 0.25) is 0 Å². The van der Waals surface area contributed by atoms with E-state index in [2.05, 4.69) is 0 Å². The van der Waals surface area contributed by atoms with Crippen LogP contribution in [0.4, 0.5) is 0 Å². The van der Waals surface area contributed by atoms with Crippen LogP contribution in [-0.4, -0.2) is 68.4 Å². The van der Waals surface area contributed by atoms with Crippen LogP contribution in [0.5, 0.6) is 0 Å². The number of aliphatic hydroxyl groups is 3. The zero-order valence-electron chi connectivity index (χ0n) is 16.1. The zero-order chi connectivity index (χ0) is 21.4. The van der Waals surface area contributed by atoms with E-state index in [9.17, 15) is 0 Å². The smallest absolute Gasteiger partial charge is 0.300 e. The van der Waals surface area contributed by atoms with Crippen molar-refractivity contribution in [1.82, 2.24) is 0 Å². The number of hydrogen-bond donors (Lipinski definition) is 6. The quantitative estimate of drug-likeness (QED) is 0.306. The number of carboxylic acids is 3. The summed E-state index contributed by atoms with van der Waals surface area (Å²) >= 11 is 0. The molecule has 0 saturated carbocycles. The van der Waals surface area contributed by atoms with Crippen LogP contribution in [0.2, 0.25) is 0 Å². The first-order chi connectivity index (χ1) is 12.0. The Morgan fingerprint density at radius 3 is 1.15 bits per heavy atom. The van der Waals surface area contributed by atoms with Crippen molar-refractivity contribution < 1.29 is 45.0 Å². The average Bonchev–Trinajstić information content (AvgIpc) is 2.48. The molecule has 0 amide bonds. The van der Waals surface area contributed by atoms with Gasteiger partial charge in [-0.3, -0.25) is 14.4 Å². The molecule has 0 aromatic carbocycles. The largest absolute Gasteiger partial charge is 0.481 e. The monoisotopic (exact) mass is 384 g/mol. The van der Waals surface area contributed by atoms with Crippen LogP contribution in [0.25, 0.3) is 0 Å². The Labute approximate surface area is 155 Å². The summed E-state index contributed by atoms with van der Waals surface area (Å²) in [4.78, 5) is 27.0. The predicted octanol–water partition coefficient (Wildman–Crippen LogP) is 1.58. The number of unbranched alkanes of at least 4 members (excludes halogenated alkanes) is 5. The second-order valence-corrected chi connectivity index (χ2v) is 5.42. The highest BCUT2D eigenvalue weighted by Gasteiger charge is 2.04. The molecule has 0 unspecified atom stereocenters. The highest BCUT2D eigenvalue weighted by molar-refractivity contribution is 5.63. The SMILES string of the molecule is CC(=O)O.CC(=O)O.CC(=O)O.OCCCCCCCCC(CO)CO. The first-order valence-electron chi connectivity index (χ1n) is 8.46. The lowest BCUT2D eigenvalue weighted by Crippen LogP contribution is -2.10. The van der Waals surface area contributed by atoms with Crippen LogP contribution in [-0.2, 0) is 14.4 Å². The van der Waals surface area contributed by atoms with Gasteiger partial charge < -0.3 is 30.6 Å². The Kier molecular flexibility index (Phi) is 34.6. The summed E-state index contributed by atoms with van der Waals surface area (Å²) in [5.74, 6) is -2.42. The molecule has 0 bridgehead atoms. The van der Waals surface area contributed by atoms with Gasteiger partial charge in [0.1, 0.15) is 0 Å². The van der Waals surface area contributed by atoms with Crippen LogP contribution in [0.15, 0.2) is 0 Å². The molecule has 0 aromatic heterocycles. The molecule has 0 aliphatic heterocycles. The van der Waals surface area contributed by atoms with Crippen molar-refractivity contribution in [3.63, 3.8) is 0 Å². The van der Waals surface area contributed by atoms with E-state index in [1.165, 1.54) is 19.3 Å². The fraction of sp³-hybridized carbons (Fsp3) is 0.824. The Balaban J connectivity index is -0.000000164. The minimum Gasteiger partial charge on any atom is -0.481 e. The molecule has 0 fully saturated rings. The van der Waals surface area contributed by atoms with E-state index in [1.807, 2.05) is 0 Å². The molecule has 0 radical (unpaired) electrons. The third kappa shape index (κ3) is 79.3. The van der Waals surface area contributed by atoms with Gasteiger partial charge in [-0.25, -0.2) is 0 Å². The summed E-state index contributed by atoms with van der Waals surface area (Å²) in [5.41, 5.74) is 0. The first kappa shape index (κ1) is 32.0. The predicted molar refractivity (Wildman–Crippen MR) is 97.0 cm³/mol. The van der Waals surface area contributed by atoms with Crippen LogP contribution >= 0.6 is 0 Å². The normalized spacial score (nSPS) is 8.88. The molecule has 6 N–H and O–H groups in total. The van der Waals surface area contributed by atoms with Crippen LogP contribution in [0.3, 0.4) is 0 Å². The number of hydrogen-bond acceptors (Lipinski definition) is 6. The molecule has 26 heavy (non-hydrogen) atoms. The van der Waals surface area contributed by atoms with Gasteiger partial charge in [-0.05, 0) is 12.8 Å². The maximum atomic E-state index is 9.00. The molecule has 0 atom stereocenters. The molecule has 9 heteroatoms. The standard InChI is InChI=1S/C11H24O3.3C2H4O2/c12-8-6-4-2-1-3-5-7-11(9-13)10-14;3*1-2(3)4/h11-14H,1-10H2;3*1H3,(H,3,4). The third-order valence-electron chi connectivity index (χ3n) is 2.54. The fourth-order valence-electron chi connectivity index (χ4n) is 1.49. The zero-order valence-corrected chi connectivity index (χ0v) is 16.1. The Morgan fingerprint density at radius 1 is 0.615 bits per heavy atom. The Hall–Kier alpha value is -1.71. The summed E-state index contributed by atoms with van der Waals surface area (Å²) in [6.45, 7) is 3.75. The van der Waals surface area contributed by atoms with Crippen molar-refractivity contribution >= 4 is 17.9 Å². The van der Waals surface area contributed by atoms with Gasteiger partial charge in [0, 0.05) is 46.5 Å². The second kappa shape index (κ2) is 28.1. The topological polar surface area (TPSA) is 173 Å². The van der Waals surface area contributed by atoms with Crippen molar-refractivity contribution in [2.45, 2.75) is 65.7 Å². The van der Waals surface area contributed by atoms with E-state index in [0.717, 1.165) is 46.5 Å². The molecule has 158 valence electrons. The van der Waals surface area contributed by atoms with Crippen LogP contribution in [0.1, 0.15) is 65.7 Å². The summed E-state index contributed by atoms with van der Waals surface area (Å²) in [7, 11) is 0. The lowest BCUT2D eigenvalue weighted by atomic mass is 10.0. The molecule has 0 aromatic rings. The van der Waals surface area contributed by atoms with E-state index in [1.54, 1.807) is 0 Å². The molecule has 0 spiro atoms. The lowest BCUT2D eigenvalue weighted by molar-refractivity contribution is -0.135. The highest BCUT2D eigenvalue weighted by atomic mass is 16.4. The lowest BCUT2D eigenvalue weighted by Gasteiger charge is -2.09. The summed E-state index contributed by atoms with van der Waals surface area (Å²) in [6, 6.07) is 0. The minimum absolute atomic E-state index is 0.0763. The summed E-state index contributed by atoms with van der Waals surface area (Å²) < 4.78 is 0. The molecule has 0 rings (SSSR count). The van der Waals surface area contributed by atoms with Gasteiger partial charge in [0.25, 0.3) is 17.9 Å². The number of aliphatic carboxylic acids is 3.